The number of hydrogen-bond acceptors (Lipinski definition) is 3. The molecule has 0 aromatic heterocycles. The monoisotopic (exact) mass is 305 g/mol. The molecule has 0 aliphatic heterocycles. The third kappa shape index (κ3) is 3.60. The Kier molecular flexibility index (Phi) is 4.28. The number of hydrogen-bond donors (Lipinski definition) is 3. The summed E-state index contributed by atoms with van der Waals surface area (Å²) in [6, 6.07) is 2.88. The smallest absolute Gasteiger partial charge is 0.389 e. The van der Waals surface area contributed by atoms with Crippen LogP contribution in [-0.2, 0) is 11.0 Å². The van der Waals surface area contributed by atoms with Crippen LogP contribution in [0.25, 0.3) is 0 Å². The van der Waals surface area contributed by atoms with Crippen molar-refractivity contribution in [2.24, 2.45) is 11.5 Å². The van der Waals surface area contributed by atoms with Gasteiger partial charge < -0.3 is 16.8 Å². The summed E-state index contributed by atoms with van der Waals surface area (Å²) in [7, 11) is 0. The molecule has 4 nitrogen and oxygen atoms in total. The molecule has 8 heteroatoms. The standard InChI is InChI=1S/C12H14F3N3OS/c1-11(2,10(17)19)18-8-4-3-6(12(13,14)15)5-7(8)9(16)20/h3-5,18H,1-2H3,(H2,16,20)(H2,17,19). The van der Waals surface area contributed by atoms with E-state index >= 15 is 0 Å². The summed E-state index contributed by atoms with van der Waals surface area (Å²) < 4.78 is 38.0. The zero-order valence-electron chi connectivity index (χ0n) is 10.8. The van der Waals surface area contributed by atoms with Crippen LogP contribution in [0.5, 0.6) is 0 Å². The van der Waals surface area contributed by atoms with Crippen molar-refractivity contribution in [2.75, 3.05) is 5.32 Å². The van der Waals surface area contributed by atoms with E-state index < -0.39 is 23.2 Å². The molecule has 1 rings (SSSR count). The average Bonchev–Trinajstić information content (AvgIpc) is 2.26. The largest absolute Gasteiger partial charge is 0.416 e. The number of benzene rings is 1. The number of nitrogens with two attached hydrogens (primary N) is 2. The SMILES string of the molecule is CC(C)(Nc1ccc(C(F)(F)F)cc1C(N)=S)C(N)=O. The van der Waals surface area contributed by atoms with E-state index in [0.717, 1.165) is 12.1 Å². The van der Waals surface area contributed by atoms with Crippen LogP contribution < -0.4 is 16.8 Å². The molecule has 0 atom stereocenters. The molecule has 0 radical (unpaired) electrons. The maximum Gasteiger partial charge on any atom is 0.416 e. The molecule has 0 heterocycles. The highest BCUT2D eigenvalue weighted by atomic mass is 32.1. The van der Waals surface area contributed by atoms with Gasteiger partial charge in [0.2, 0.25) is 5.91 Å². The fourth-order valence-electron chi connectivity index (χ4n) is 1.43. The summed E-state index contributed by atoms with van der Waals surface area (Å²) in [6.07, 6.45) is -4.50. The Hall–Kier alpha value is -1.83. The Balaban J connectivity index is 3.28. The van der Waals surface area contributed by atoms with Crippen molar-refractivity contribution in [3.63, 3.8) is 0 Å². The van der Waals surface area contributed by atoms with Crippen LogP contribution in [0.15, 0.2) is 18.2 Å². The van der Waals surface area contributed by atoms with Crippen LogP contribution >= 0.6 is 12.2 Å². The van der Waals surface area contributed by atoms with Gasteiger partial charge in [0.1, 0.15) is 10.5 Å². The third-order valence-electron chi connectivity index (χ3n) is 2.68. The van der Waals surface area contributed by atoms with Gasteiger partial charge in [-0.2, -0.15) is 13.2 Å². The van der Waals surface area contributed by atoms with Gasteiger partial charge in [-0.25, -0.2) is 0 Å². The van der Waals surface area contributed by atoms with Gasteiger partial charge in [0.05, 0.1) is 5.56 Å². The lowest BCUT2D eigenvalue weighted by atomic mass is 10.0. The fourth-order valence-corrected chi connectivity index (χ4v) is 1.60. The molecule has 0 bridgehead atoms. The number of rotatable bonds is 4. The maximum absolute atomic E-state index is 12.7. The molecule has 5 N–H and O–H groups in total. The lowest BCUT2D eigenvalue weighted by Gasteiger charge is -2.25. The quantitative estimate of drug-likeness (QED) is 0.743. The van der Waals surface area contributed by atoms with Crippen LogP contribution in [0.4, 0.5) is 18.9 Å². The molecule has 1 aromatic rings. The van der Waals surface area contributed by atoms with Crippen molar-refractivity contribution in [1.29, 1.82) is 0 Å². The summed E-state index contributed by atoms with van der Waals surface area (Å²) in [5.41, 5.74) is 8.82. The first kappa shape index (κ1) is 16.2. The van der Waals surface area contributed by atoms with Gasteiger partial charge in [0, 0.05) is 11.3 Å². The van der Waals surface area contributed by atoms with E-state index in [-0.39, 0.29) is 16.2 Å². The van der Waals surface area contributed by atoms with E-state index in [4.69, 9.17) is 23.7 Å². The van der Waals surface area contributed by atoms with Crippen molar-refractivity contribution >= 4 is 28.8 Å². The van der Waals surface area contributed by atoms with Gasteiger partial charge in [0.25, 0.3) is 0 Å². The van der Waals surface area contributed by atoms with Gasteiger partial charge in [-0.15, -0.1) is 0 Å². The first-order valence-corrected chi connectivity index (χ1v) is 5.95. The van der Waals surface area contributed by atoms with Gasteiger partial charge in [-0.3, -0.25) is 4.79 Å². The lowest BCUT2D eigenvalue weighted by Crippen LogP contribution is -2.45. The second kappa shape index (κ2) is 5.28. The van der Waals surface area contributed by atoms with E-state index in [1.165, 1.54) is 19.9 Å². The molecule has 110 valence electrons. The number of carbonyl (C=O) groups is 1. The van der Waals surface area contributed by atoms with Crippen molar-refractivity contribution in [1.82, 2.24) is 0 Å². The van der Waals surface area contributed by atoms with Crippen LogP contribution in [0.1, 0.15) is 25.0 Å². The molecular formula is C12H14F3N3OS. The summed E-state index contributed by atoms with van der Waals surface area (Å²) >= 11 is 4.74. The van der Waals surface area contributed by atoms with Crippen molar-refractivity contribution in [3.8, 4) is 0 Å². The fraction of sp³-hybridized carbons (Fsp3) is 0.333. The molecule has 0 unspecified atom stereocenters. The van der Waals surface area contributed by atoms with Crippen molar-refractivity contribution in [2.45, 2.75) is 25.6 Å². The summed E-state index contributed by atoms with van der Waals surface area (Å²) in [5, 5.41) is 2.74. The Morgan fingerprint density at radius 1 is 1.25 bits per heavy atom. The van der Waals surface area contributed by atoms with E-state index in [1.54, 1.807) is 0 Å². The van der Waals surface area contributed by atoms with Gasteiger partial charge >= 0.3 is 6.18 Å². The number of amides is 1. The van der Waals surface area contributed by atoms with Gasteiger partial charge in [0.15, 0.2) is 0 Å². The Morgan fingerprint density at radius 3 is 2.20 bits per heavy atom. The van der Waals surface area contributed by atoms with E-state index in [9.17, 15) is 18.0 Å². The highest BCUT2D eigenvalue weighted by Gasteiger charge is 2.32. The lowest BCUT2D eigenvalue weighted by molar-refractivity contribution is -0.137. The Morgan fingerprint density at radius 2 is 1.80 bits per heavy atom. The minimum absolute atomic E-state index is 0.00384. The topological polar surface area (TPSA) is 81.1 Å². The van der Waals surface area contributed by atoms with Crippen LogP contribution in [0.2, 0.25) is 0 Å². The Bertz CT molecular complexity index is 555. The summed E-state index contributed by atoms with van der Waals surface area (Å²) in [5.74, 6) is -0.661. The number of alkyl halides is 3. The van der Waals surface area contributed by atoms with Crippen LogP contribution in [0, 0.1) is 0 Å². The predicted octanol–water partition coefficient (Wildman–Crippen LogP) is 2.02. The highest BCUT2D eigenvalue weighted by Crippen LogP contribution is 2.32. The molecule has 0 aliphatic carbocycles. The minimum atomic E-state index is -4.50. The molecule has 0 aliphatic rings. The van der Waals surface area contributed by atoms with Gasteiger partial charge in [-0.05, 0) is 32.0 Å². The summed E-state index contributed by atoms with van der Waals surface area (Å²) in [6.45, 7) is 2.99. The molecular weight excluding hydrogens is 291 g/mol. The molecule has 0 fully saturated rings. The number of nitrogens with one attached hydrogen (secondary N) is 1. The van der Waals surface area contributed by atoms with Crippen LogP contribution in [-0.4, -0.2) is 16.4 Å². The molecule has 20 heavy (non-hydrogen) atoms. The molecule has 1 amide bonds. The molecule has 1 aromatic carbocycles. The second-order valence-electron chi connectivity index (χ2n) is 4.74. The Labute approximate surface area is 119 Å². The number of primary amides is 1. The van der Waals surface area contributed by atoms with E-state index in [0.29, 0.717) is 0 Å². The zero-order valence-corrected chi connectivity index (χ0v) is 11.7. The number of anilines is 1. The second-order valence-corrected chi connectivity index (χ2v) is 5.18. The first-order chi connectivity index (χ1) is 8.95. The predicted molar refractivity (Wildman–Crippen MR) is 74.2 cm³/mol. The number of halogens is 3. The van der Waals surface area contributed by atoms with Gasteiger partial charge in [-0.1, -0.05) is 12.2 Å². The van der Waals surface area contributed by atoms with E-state index in [2.05, 4.69) is 5.32 Å². The molecule has 0 saturated carbocycles. The highest BCUT2D eigenvalue weighted by molar-refractivity contribution is 7.80. The third-order valence-corrected chi connectivity index (χ3v) is 2.90. The summed E-state index contributed by atoms with van der Waals surface area (Å²) in [4.78, 5) is 11.0. The molecule has 0 spiro atoms. The number of thiocarbonyl (C=S) groups is 1. The minimum Gasteiger partial charge on any atom is -0.389 e. The van der Waals surface area contributed by atoms with Crippen molar-refractivity contribution in [3.05, 3.63) is 29.3 Å². The van der Waals surface area contributed by atoms with E-state index in [1.807, 2.05) is 0 Å². The zero-order chi connectivity index (χ0) is 15.7. The average molecular weight is 305 g/mol. The van der Waals surface area contributed by atoms with Crippen LogP contribution in [0.3, 0.4) is 0 Å². The van der Waals surface area contributed by atoms with Crippen molar-refractivity contribution < 1.29 is 18.0 Å². The maximum atomic E-state index is 12.7. The molecule has 0 saturated heterocycles. The normalized spacial score (nSPS) is 12.1. The number of carbonyl (C=O) groups excluding carboxylic acids is 1. The first-order valence-electron chi connectivity index (χ1n) is 5.54.